The van der Waals surface area contributed by atoms with Crippen LogP contribution in [0.4, 0.5) is 0 Å². The van der Waals surface area contributed by atoms with Gasteiger partial charge in [0.05, 0.1) is 0 Å². The maximum absolute atomic E-state index is 3.72. The van der Waals surface area contributed by atoms with E-state index >= 15 is 0 Å². The highest BCUT2D eigenvalue weighted by Crippen LogP contribution is 2.22. The van der Waals surface area contributed by atoms with Crippen molar-refractivity contribution >= 4 is 15.9 Å². The summed E-state index contributed by atoms with van der Waals surface area (Å²) in [7, 11) is 4.23. The summed E-state index contributed by atoms with van der Waals surface area (Å²) in [6.07, 6.45) is 1.23. The first-order valence-corrected chi connectivity index (χ1v) is 8.27. The number of likely N-dealkylation sites (N-methyl/N-ethyl adjacent to an activating group) is 1. The van der Waals surface area contributed by atoms with E-state index < -0.39 is 0 Å². The molecule has 0 bridgehead atoms. The monoisotopic (exact) mass is 339 g/mol. The van der Waals surface area contributed by atoms with Crippen LogP contribution in [0, 0.1) is 0 Å². The molecule has 1 aromatic carbocycles. The molecule has 0 saturated carbocycles. The fraction of sp³-hybridized carbons (Fsp3) is 0.625. The molecule has 0 radical (unpaired) electrons. The van der Waals surface area contributed by atoms with Crippen molar-refractivity contribution in [2.45, 2.75) is 32.5 Å². The van der Waals surface area contributed by atoms with Gasteiger partial charge in [-0.2, -0.15) is 0 Å². The lowest BCUT2D eigenvalue weighted by Crippen LogP contribution is -2.50. The lowest BCUT2D eigenvalue weighted by Gasteiger charge is -2.39. The van der Waals surface area contributed by atoms with Crippen LogP contribution in [0.5, 0.6) is 0 Å². The van der Waals surface area contributed by atoms with Crippen molar-refractivity contribution in [2.24, 2.45) is 0 Å². The quantitative estimate of drug-likeness (QED) is 0.889. The molecule has 0 amide bonds. The number of piperazine rings is 1. The lowest BCUT2D eigenvalue weighted by atomic mass is 10.1. The van der Waals surface area contributed by atoms with E-state index in [9.17, 15) is 0 Å². The van der Waals surface area contributed by atoms with E-state index in [0.29, 0.717) is 6.04 Å². The van der Waals surface area contributed by atoms with Crippen LogP contribution in [-0.4, -0.2) is 49.6 Å². The summed E-state index contributed by atoms with van der Waals surface area (Å²) >= 11 is 3.72. The van der Waals surface area contributed by atoms with Crippen LogP contribution < -0.4 is 5.32 Å². The molecule has 0 aromatic heterocycles. The molecule has 1 aliphatic rings. The van der Waals surface area contributed by atoms with Gasteiger partial charge in [0, 0.05) is 43.2 Å². The minimum absolute atomic E-state index is 0.700. The smallest absolute Gasteiger partial charge is 0.0246 e. The molecule has 1 heterocycles. The number of benzene rings is 1. The molecule has 2 rings (SSSR count). The van der Waals surface area contributed by atoms with Gasteiger partial charge < -0.3 is 10.2 Å². The van der Waals surface area contributed by atoms with Gasteiger partial charge in [-0.05, 0) is 37.7 Å². The van der Waals surface area contributed by atoms with Crippen molar-refractivity contribution in [3.05, 3.63) is 33.8 Å². The molecule has 20 heavy (non-hydrogen) atoms. The molecule has 0 aliphatic carbocycles. The first-order chi connectivity index (χ1) is 9.63. The SMILES string of the molecule is CCC1CN(Cc2ccc(CNC)cc2Br)CCN1C. The van der Waals surface area contributed by atoms with E-state index in [0.717, 1.165) is 19.6 Å². The highest BCUT2D eigenvalue weighted by atomic mass is 79.9. The zero-order chi connectivity index (χ0) is 14.5. The van der Waals surface area contributed by atoms with Crippen LogP contribution in [-0.2, 0) is 13.1 Å². The Morgan fingerprint density at radius 1 is 1.35 bits per heavy atom. The summed E-state index contributed by atoms with van der Waals surface area (Å²) in [5.74, 6) is 0. The van der Waals surface area contributed by atoms with E-state index in [1.807, 2.05) is 7.05 Å². The fourth-order valence-electron chi connectivity index (χ4n) is 2.87. The molecule has 1 aromatic rings. The van der Waals surface area contributed by atoms with E-state index in [2.05, 4.69) is 63.2 Å². The van der Waals surface area contributed by atoms with Gasteiger partial charge in [-0.1, -0.05) is 35.0 Å². The second-order valence-corrected chi connectivity index (χ2v) is 6.59. The van der Waals surface area contributed by atoms with Crippen LogP contribution in [0.3, 0.4) is 0 Å². The second-order valence-electron chi connectivity index (χ2n) is 5.73. The Morgan fingerprint density at radius 2 is 2.15 bits per heavy atom. The van der Waals surface area contributed by atoms with E-state index in [1.54, 1.807) is 0 Å². The Morgan fingerprint density at radius 3 is 2.80 bits per heavy atom. The van der Waals surface area contributed by atoms with Crippen molar-refractivity contribution in [1.82, 2.24) is 15.1 Å². The number of nitrogens with one attached hydrogen (secondary N) is 1. The largest absolute Gasteiger partial charge is 0.316 e. The molecule has 1 aliphatic heterocycles. The van der Waals surface area contributed by atoms with Crippen LogP contribution in [0.25, 0.3) is 0 Å². The van der Waals surface area contributed by atoms with Gasteiger partial charge in [0.1, 0.15) is 0 Å². The zero-order valence-electron chi connectivity index (χ0n) is 12.8. The molecule has 3 nitrogen and oxygen atoms in total. The Bertz CT molecular complexity index is 436. The normalized spacial score (nSPS) is 21.3. The Hall–Kier alpha value is -0.420. The minimum atomic E-state index is 0.700. The van der Waals surface area contributed by atoms with Gasteiger partial charge in [0.15, 0.2) is 0 Å². The highest BCUT2D eigenvalue weighted by Gasteiger charge is 2.23. The predicted molar refractivity (Wildman–Crippen MR) is 88.9 cm³/mol. The zero-order valence-corrected chi connectivity index (χ0v) is 14.4. The topological polar surface area (TPSA) is 18.5 Å². The van der Waals surface area contributed by atoms with Gasteiger partial charge in [0.2, 0.25) is 0 Å². The van der Waals surface area contributed by atoms with Gasteiger partial charge in [0.25, 0.3) is 0 Å². The predicted octanol–water partition coefficient (Wildman–Crippen LogP) is 2.69. The first-order valence-electron chi connectivity index (χ1n) is 7.48. The number of rotatable bonds is 5. The first kappa shape index (κ1) is 16.0. The van der Waals surface area contributed by atoms with Crippen LogP contribution in [0.1, 0.15) is 24.5 Å². The minimum Gasteiger partial charge on any atom is -0.316 e. The summed E-state index contributed by atoms with van der Waals surface area (Å²) < 4.78 is 1.23. The van der Waals surface area contributed by atoms with Crippen molar-refractivity contribution in [3.63, 3.8) is 0 Å². The van der Waals surface area contributed by atoms with E-state index in [-0.39, 0.29) is 0 Å². The fourth-order valence-corrected chi connectivity index (χ4v) is 3.42. The summed E-state index contributed by atoms with van der Waals surface area (Å²) in [6, 6.07) is 7.42. The molecule has 1 unspecified atom stereocenters. The summed E-state index contributed by atoms with van der Waals surface area (Å²) in [5, 5.41) is 3.19. The van der Waals surface area contributed by atoms with Crippen LogP contribution in [0.15, 0.2) is 22.7 Å². The molecule has 1 saturated heterocycles. The van der Waals surface area contributed by atoms with Gasteiger partial charge in [-0.25, -0.2) is 0 Å². The second kappa shape index (κ2) is 7.55. The summed E-state index contributed by atoms with van der Waals surface area (Å²) in [6.45, 7) is 7.77. The maximum Gasteiger partial charge on any atom is 0.0246 e. The molecular formula is C16H26BrN3. The third kappa shape index (κ3) is 4.04. The average Bonchev–Trinajstić information content (AvgIpc) is 2.44. The van der Waals surface area contributed by atoms with Gasteiger partial charge in [-0.15, -0.1) is 0 Å². The molecule has 0 spiro atoms. The number of halogens is 1. The Kier molecular flexibility index (Phi) is 6.02. The summed E-state index contributed by atoms with van der Waals surface area (Å²) in [4.78, 5) is 5.06. The average molecular weight is 340 g/mol. The van der Waals surface area contributed by atoms with E-state index in [1.165, 1.54) is 35.1 Å². The third-order valence-electron chi connectivity index (χ3n) is 4.22. The third-order valence-corrected chi connectivity index (χ3v) is 4.96. The summed E-state index contributed by atoms with van der Waals surface area (Å²) in [5.41, 5.74) is 2.72. The Labute approximate surface area is 131 Å². The highest BCUT2D eigenvalue weighted by molar-refractivity contribution is 9.10. The molecule has 1 atom stereocenters. The van der Waals surface area contributed by atoms with Crippen molar-refractivity contribution in [2.75, 3.05) is 33.7 Å². The standard InChI is InChI=1S/C16H26BrN3/c1-4-15-12-20(8-7-19(15)3)11-14-6-5-13(10-18-2)9-16(14)17/h5-6,9,15,18H,4,7-8,10-12H2,1-3H3. The van der Waals surface area contributed by atoms with Crippen LogP contribution >= 0.6 is 15.9 Å². The Balaban J connectivity index is 1.99. The van der Waals surface area contributed by atoms with Gasteiger partial charge in [-0.3, -0.25) is 4.90 Å². The molecule has 112 valence electrons. The van der Waals surface area contributed by atoms with Gasteiger partial charge >= 0.3 is 0 Å². The molecule has 4 heteroatoms. The molecule has 1 fully saturated rings. The van der Waals surface area contributed by atoms with E-state index in [4.69, 9.17) is 0 Å². The number of hydrogen-bond donors (Lipinski definition) is 1. The van der Waals surface area contributed by atoms with Crippen molar-refractivity contribution in [1.29, 1.82) is 0 Å². The molecular weight excluding hydrogens is 314 g/mol. The van der Waals surface area contributed by atoms with Crippen molar-refractivity contribution in [3.8, 4) is 0 Å². The maximum atomic E-state index is 3.72. The lowest BCUT2D eigenvalue weighted by molar-refractivity contribution is 0.0882. The number of hydrogen-bond acceptors (Lipinski definition) is 3. The van der Waals surface area contributed by atoms with Crippen LogP contribution in [0.2, 0.25) is 0 Å². The molecule has 1 N–H and O–H groups in total. The van der Waals surface area contributed by atoms with Crippen molar-refractivity contribution < 1.29 is 0 Å². The number of nitrogens with zero attached hydrogens (tertiary/aromatic N) is 2.